The van der Waals surface area contributed by atoms with E-state index in [0.29, 0.717) is 5.56 Å². The smallest absolute Gasteiger partial charge is 0.175 e. The highest BCUT2D eigenvalue weighted by Crippen LogP contribution is 2.34. The normalized spacial score (nSPS) is 13.1. The molecule has 1 unspecified atom stereocenters. The van der Waals surface area contributed by atoms with Crippen molar-refractivity contribution in [2.75, 3.05) is 6.26 Å². The van der Waals surface area contributed by atoms with Crippen molar-refractivity contribution in [2.45, 2.75) is 27.7 Å². The maximum absolute atomic E-state index is 13.2. The first kappa shape index (κ1) is 16.0. The second kappa shape index (κ2) is 6.17. The second-order valence-corrected chi connectivity index (χ2v) is 7.83. The van der Waals surface area contributed by atoms with Gasteiger partial charge in [0, 0.05) is 16.0 Å². The number of aliphatic hydroxyl groups is 1. The van der Waals surface area contributed by atoms with Crippen LogP contribution in [0.25, 0.3) is 0 Å². The lowest BCUT2D eigenvalue weighted by Gasteiger charge is -2.12. The van der Waals surface area contributed by atoms with E-state index in [1.54, 1.807) is 25.1 Å². The van der Waals surface area contributed by atoms with Crippen LogP contribution in [0.1, 0.15) is 18.6 Å². The Morgan fingerprint density at radius 3 is 2.29 bits per heavy atom. The van der Waals surface area contributed by atoms with Crippen molar-refractivity contribution in [1.82, 2.24) is 0 Å². The summed E-state index contributed by atoms with van der Waals surface area (Å²) >= 11 is 1.35. The lowest BCUT2D eigenvalue weighted by atomic mass is 10.1. The number of rotatable bonds is 4. The van der Waals surface area contributed by atoms with Gasteiger partial charge in [-0.2, -0.15) is 0 Å². The highest BCUT2D eigenvalue weighted by atomic mass is 32.2. The summed E-state index contributed by atoms with van der Waals surface area (Å²) < 4.78 is 36.0. The van der Waals surface area contributed by atoms with Gasteiger partial charge < -0.3 is 5.11 Å². The number of hydrogen-bond donors (Lipinski definition) is 1. The molecule has 21 heavy (non-hydrogen) atoms. The number of halogens is 1. The molecule has 0 saturated heterocycles. The number of hydrogen-bond acceptors (Lipinski definition) is 4. The summed E-state index contributed by atoms with van der Waals surface area (Å²) in [6.07, 6.45) is 0.374. The van der Waals surface area contributed by atoms with Crippen molar-refractivity contribution in [3.63, 3.8) is 0 Å². The molecule has 1 atom stereocenters. The van der Waals surface area contributed by atoms with E-state index in [1.165, 1.54) is 36.0 Å². The Morgan fingerprint density at radius 1 is 1.14 bits per heavy atom. The van der Waals surface area contributed by atoms with Crippen LogP contribution in [0.15, 0.2) is 57.2 Å². The SMILES string of the molecule is CC(O)c1cc(F)ccc1Sc1ccc(S(C)(=O)=O)cc1. The molecule has 2 aromatic carbocycles. The zero-order valence-corrected chi connectivity index (χ0v) is 13.2. The van der Waals surface area contributed by atoms with Gasteiger partial charge in [-0.1, -0.05) is 11.8 Å². The molecule has 0 aromatic heterocycles. The molecule has 1 N–H and O–H groups in total. The van der Waals surface area contributed by atoms with Gasteiger partial charge in [-0.3, -0.25) is 0 Å². The standard InChI is InChI=1S/C15H15FO3S2/c1-10(17)14-9-11(16)3-8-15(14)20-12-4-6-13(7-5-12)21(2,18)19/h3-10,17H,1-2H3. The molecule has 0 aliphatic rings. The van der Waals surface area contributed by atoms with Crippen molar-refractivity contribution in [1.29, 1.82) is 0 Å². The maximum atomic E-state index is 13.2. The average Bonchev–Trinajstić information content (AvgIpc) is 2.40. The molecule has 0 bridgehead atoms. The predicted octanol–water partition coefficient (Wildman–Crippen LogP) is 3.43. The molecule has 0 aliphatic carbocycles. The number of benzene rings is 2. The molecule has 0 radical (unpaired) electrons. The monoisotopic (exact) mass is 326 g/mol. The largest absolute Gasteiger partial charge is 0.389 e. The quantitative estimate of drug-likeness (QED) is 0.935. The summed E-state index contributed by atoms with van der Waals surface area (Å²) in [6.45, 7) is 1.57. The van der Waals surface area contributed by atoms with Crippen LogP contribution in [0, 0.1) is 5.82 Å². The molecular weight excluding hydrogens is 311 g/mol. The lowest BCUT2D eigenvalue weighted by Crippen LogP contribution is -1.97. The van der Waals surface area contributed by atoms with Crippen LogP contribution in [-0.2, 0) is 9.84 Å². The van der Waals surface area contributed by atoms with Gasteiger partial charge in [0.2, 0.25) is 0 Å². The Kier molecular flexibility index (Phi) is 4.70. The molecule has 112 valence electrons. The zero-order valence-electron chi connectivity index (χ0n) is 11.6. The van der Waals surface area contributed by atoms with Crippen LogP contribution >= 0.6 is 11.8 Å². The van der Waals surface area contributed by atoms with Crippen LogP contribution in [0.3, 0.4) is 0 Å². The number of sulfone groups is 1. The Hall–Kier alpha value is -1.37. The Morgan fingerprint density at radius 2 is 1.76 bits per heavy atom. The number of aliphatic hydroxyl groups excluding tert-OH is 1. The molecule has 3 nitrogen and oxygen atoms in total. The van der Waals surface area contributed by atoms with E-state index >= 15 is 0 Å². The predicted molar refractivity (Wildman–Crippen MR) is 80.7 cm³/mol. The first-order chi connectivity index (χ1) is 9.77. The third kappa shape index (κ3) is 4.06. The maximum Gasteiger partial charge on any atom is 0.175 e. The minimum absolute atomic E-state index is 0.252. The molecule has 0 spiro atoms. The van der Waals surface area contributed by atoms with Gasteiger partial charge in [0.15, 0.2) is 9.84 Å². The Balaban J connectivity index is 2.30. The van der Waals surface area contributed by atoms with E-state index < -0.39 is 21.8 Å². The van der Waals surface area contributed by atoms with Crippen LogP contribution in [0.4, 0.5) is 4.39 Å². The highest BCUT2D eigenvalue weighted by Gasteiger charge is 2.12. The molecule has 2 aromatic rings. The first-order valence-electron chi connectivity index (χ1n) is 6.23. The fraction of sp³-hybridized carbons (Fsp3) is 0.200. The minimum atomic E-state index is -3.22. The molecule has 0 amide bonds. The average molecular weight is 326 g/mol. The van der Waals surface area contributed by atoms with Crippen molar-refractivity contribution in [3.8, 4) is 0 Å². The highest BCUT2D eigenvalue weighted by molar-refractivity contribution is 7.99. The summed E-state index contributed by atoms with van der Waals surface area (Å²) in [5.41, 5.74) is 0.507. The van der Waals surface area contributed by atoms with E-state index in [2.05, 4.69) is 0 Å². The van der Waals surface area contributed by atoms with E-state index in [-0.39, 0.29) is 4.90 Å². The molecule has 0 saturated carbocycles. The van der Waals surface area contributed by atoms with Crippen molar-refractivity contribution in [2.24, 2.45) is 0 Å². The van der Waals surface area contributed by atoms with E-state index in [9.17, 15) is 17.9 Å². The minimum Gasteiger partial charge on any atom is -0.389 e. The van der Waals surface area contributed by atoms with E-state index in [0.717, 1.165) is 16.0 Å². The summed E-state index contributed by atoms with van der Waals surface area (Å²) in [7, 11) is -3.22. The third-order valence-corrected chi connectivity index (χ3v) is 5.13. The first-order valence-corrected chi connectivity index (χ1v) is 8.93. The van der Waals surface area contributed by atoms with Gasteiger partial charge >= 0.3 is 0 Å². The fourth-order valence-corrected chi connectivity index (χ4v) is 3.46. The lowest BCUT2D eigenvalue weighted by molar-refractivity contribution is 0.196. The molecule has 0 fully saturated rings. The van der Waals surface area contributed by atoms with Crippen molar-refractivity contribution in [3.05, 3.63) is 53.8 Å². The summed E-state index contributed by atoms with van der Waals surface area (Å²) in [5.74, 6) is -0.400. The van der Waals surface area contributed by atoms with Gasteiger partial charge in [0.05, 0.1) is 11.0 Å². The summed E-state index contributed by atoms with van der Waals surface area (Å²) in [4.78, 5) is 1.80. The molecule has 0 heterocycles. The Labute approximate surface area is 127 Å². The molecule has 6 heteroatoms. The van der Waals surface area contributed by atoms with Crippen molar-refractivity contribution >= 4 is 21.6 Å². The van der Waals surface area contributed by atoms with Crippen LogP contribution < -0.4 is 0 Å². The topological polar surface area (TPSA) is 54.4 Å². The Bertz CT molecular complexity index is 738. The van der Waals surface area contributed by atoms with Gasteiger partial charge in [-0.25, -0.2) is 12.8 Å². The second-order valence-electron chi connectivity index (χ2n) is 4.70. The van der Waals surface area contributed by atoms with Crippen LogP contribution in [-0.4, -0.2) is 19.8 Å². The van der Waals surface area contributed by atoms with Crippen molar-refractivity contribution < 1.29 is 17.9 Å². The zero-order chi connectivity index (χ0) is 15.6. The van der Waals surface area contributed by atoms with Gasteiger partial charge in [0.1, 0.15) is 5.82 Å². The third-order valence-electron chi connectivity index (χ3n) is 2.90. The van der Waals surface area contributed by atoms with E-state index in [4.69, 9.17) is 0 Å². The van der Waals surface area contributed by atoms with Crippen LogP contribution in [0.2, 0.25) is 0 Å². The molecular formula is C15H15FO3S2. The fourth-order valence-electron chi connectivity index (χ4n) is 1.82. The summed E-state index contributed by atoms with van der Waals surface area (Å²) in [6, 6.07) is 10.7. The van der Waals surface area contributed by atoms with Crippen LogP contribution in [0.5, 0.6) is 0 Å². The molecule has 2 rings (SSSR count). The van der Waals surface area contributed by atoms with Gasteiger partial charge in [0.25, 0.3) is 0 Å². The summed E-state index contributed by atoms with van der Waals surface area (Å²) in [5, 5.41) is 9.70. The van der Waals surface area contributed by atoms with E-state index in [1.807, 2.05) is 0 Å². The van der Waals surface area contributed by atoms with Gasteiger partial charge in [-0.05, 0) is 55.0 Å². The molecule has 0 aliphatic heterocycles. The van der Waals surface area contributed by atoms with Gasteiger partial charge in [-0.15, -0.1) is 0 Å².